The molecule has 0 heterocycles. The summed E-state index contributed by atoms with van der Waals surface area (Å²) in [6, 6.07) is 6.64. The lowest BCUT2D eigenvalue weighted by atomic mass is 10.1. The Morgan fingerprint density at radius 3 is 2.44 bits per heavy atom. The van der Waals surface area contributed by atoms with Crippen LogP contribution in [0.2, 0.25) is 0 Å². The van der Waals surface area contributed by atoms with Crippen LogP contribution in [0.5, 0.6) is 0 Å². The van der Waals surface area contributed by atoms with Crippen LogP contribution in [-0.4, -0.2) is 10.9 Å². The van der Waals surface area contributed by atoms with Crippen LogP contribution in [0.4, 0.5) is 0 Å². The zero-order valence-corrected chi connectivity index (χ0v) is 9.60. The first kappa shape index (κ1) is 14.1. The van der Waals surface area contributed by atoms with Gasteiger partial charge in [0.25, 0.3) is 5.09 Å². The van der Waals surface area contributed by atoms with Crippen molar-refractivity contribution in [2.75, 3.05) is 0 Å². The fourth-order valence-electron chi connectivity index (χ4n) is 1.11. The maximum atomic E-state index is 11.1. The van der Waals surface area contributed by atoms with Crippen LogP contribution in [0.1, 0.15) is 36.7 Å². The van der Waals surface area contributed by atoms with E-state index in [9.17, 15) is 14.9 Å². The molecule has 5 nitrogen and oxygen atoms in total. The number of rotatable bonds is 4. The second-order valence-corrected chi connectivity index (χ2v) is 2.71. The number of carbonyl (C=O) groups excluding carboxylic acids is 1. The van der Waals surface area contributed by atoms with E-state index in [1.54, 1.807) is 24.3 Å². The highest BCUT2D eigenvalue weighted by atomic mass is 16.9. The highest BCUT2D eigenvalue weighted by Gasteiger charge is 2.07. The number of carbonyl (C=O) groups is 1. The Morgan fingerprint density at radius 1 is 1.38 bits per heavy atom. The summed E-state index contributed by atoms with van der Waals surface area (Å²) in [4.78, 5) is 25.2. The molecule has 0 aliphatic rings. The number of ketones is 1. The Kier molecular flexibility index (Phi) is 6.51. The van der Waals surface area contributed by atoms with Gasteiger partial charge in [-0.15, -0.1) is 10.1 Å². The van der Waals surface area contributed by atoms with Gasteiger partial charge < -0.3 is 4.84 Å². The first-order valence-corrected chi connectivity index (χ1v) is 4.97. The number of hydrogen-bond acceptors (Lipinski definition) is 4. The minimum Gasteiger partial charge on any atom is -0.309 e. The molecule has 0 saturated heterocycles. The molecule has 1 aromatic rings. The first-order valence-electron chi connectivity index (χ1n) is 4.97. The van der Waals surface area contributed by atoms with E-state index in [2.05, 4.69) is 4.84 Å². The average Bonchev–Trinajstić information content (AvgIpc) is 2.29. The third-order valence-electron chi connectivity index (χ3n) is 1.72. The summed E-state index contributed by atoms with van der Waals surface area (Å²) in [6.07, 6.45) is 0. The molecule has 0 N–H and O–H groups in total. The van der Waals surface area contributed by atoms with Gasteiger partial charge in [0.1, 0.15) is 6.61 Å². The van der Waals surface area contributed by atoms with Crippen LogP contribution >= 0.6 is 0 Å². The molecule has 0 aliphatic heterocycles. The summed E-state index contributed by atoms with van der Waals surface area (Å²) >= 11 is 0. The van der Waals surface area contributed by atoms with Crippen molar-refractivity contribution in [2.24, 2.45) is 0 Å². The predicted octanol–water partition coefficient (Wildman–Crippen LogP) is 2.62. The third-order valence-corrected chi connectivity index (χ3v) is 1.72. The second-order valence-electron chi connectivity index (χ2n) is 2.71. The van der Waals surface area contributed by atoms with Crippen molar-refractivity contribution in [3.8, 4) is 0 Å². The molecule has 16 heavy (non-hydrogen) atoms. The molecular formula is C11H15NO4. The van der Waals surface area contributed by atoms with E-state index >= 15 is 0 Å². The Morgan fingerprint density at radius 2 is 1.94 bits per heavy atom. The number of benzene rings is 1. The smallest absolute Gasteiger partial charge is 0.294 e. The highest BCUT2D eigenvalue weighted by Crippen LogP contribution is 2.10. The van der Waals surface area contributed by atoms with Crippen molar-refractivity contribution in [1.29, 1.82) is 0 Å². The highest BCUT2D eigenvalue weighted by molar-refractivity contribution is 5.95. The van der Waals surface area contributed by atoms with Gasteiger partial charge in [-0.25, -0.2) is 0 Å². The first-order chi connectivity index (χ1) is 7.61. The van der Waals surface area contributed by atoms with Gasteiger partial charge in [0.05, 0.1) is 0 Å². The molecule has 1 aromatic carbocycles. The Labute approximate surface area is 94.1 Å². The van der Waals surface area contributed by atoms with Crippen LogP contribution in [0.15, 0.2) is 24.3 Å². The fraction of sp³-hybridized carbons (Fsp3) is 0.364. The van der Waals surface area contributed by atoms with E-state index in [1.807, 2.05) is 13.8 Å². The lowest BCUT2D eigenvalue weighted by Gasteiger charge is -2.04. The maximum Gasteiger partial charge on any atom is 0.294 e. The summed E-state index contributed by atoms with van der Waals surface area (Å²) < 4.78 is 0. The zero-order chi connectivity index (χ0) is 12.6. The summed E-state index contributed by atoms with van der Waals surface area (Å²) in [5.41, 5.74) is 0.978. The van der Waals surface area contributed by atoms with Gasteiger partial charge in [0.15, 0.2) is 5.78 Å². The van der Waals surface area contributed by atoms with Gasteiger partial charge in [-0.05, 0) is 12.5 Å². The number of nitrogens with zero attached hydrogens (tertiary/aromatic N) is 1. The molecule has 0 amide bonds. The summed E-state index contributed by atoms with van der Waals surface area (Å²) in [7, 11) is 0. The largest absolute Gasteiger partial charge is 0.309 e. The van der Waals surface area contributed by atoms with Gasteiger partial charge in [-0.2, -0.15) is 0 Å². The van der Waals surface area contributed by atoms with Crippen molar-refractivity contribution in [2.45, 2.75) is 27.4 Å². The van der Waals surface area contributed by atoms with Gasteiger partial charge in [-0.3, -0.25) is 4.79 Å². The molecule has 0 aromatic heterocycles. The lowest BCUT2D eigenvalue weighted by molar-refractivity contribution is -0.763. The van der Waals surface area contributed by atoms with Crippen LogP contribution in [-0.2, 0) is 11.4 Å². The van der Waals surface area contributed by atoms with Crippen molar-refractivity contribution < 1.29 is 14.7 Å². The van der Waals surface area contributed by atoms with Gasteiger partial charge in [0, 0.05) is 5.56 Å². The number of Topliss-reactive ketones (excluding diaryl/α,β-unsaturated/α-hetero) is 1. The molecule has 0 fully saturated rings. The van der Waals surface area contributed by atoms with Gasteiger partial charge in [0.2, 0.25) is 0 Å². The minimum absolute atomic E-state index is 0.132. The van der Waals surface area contributed by atoms with E-state index in [-0.39, 0.29) is 12.4 Å². The molecule has 0 saturated carbocycles. The minimum atomic E-state index is -0.878. The Bertz CT molecular complexity index is 363. The van der Waals surface area contributed by atoms with E-state index < -0.39 is 5.09 Å². The fourth-order valence-corrected chi connectivity index (χ4v) is 1.11. The molecule has 0 atom stereocenters. The summed E-state index contributed by atoms with van der Waals surface area (Å²) in [5, 5.41) is 9.07. The standard InChI is InChI=1S/C9H9NO4.C2H6/c1-7(11)9-5-3-2-4-8(9)6-14-10(12)13;1-2/h2-5H,6H2,1H3;1-2H3. The topological polar surface area (TPSA) is 69.4 Å². The number of hydrogen-bond donors (Lipinski definition) is 0. The van der Waals surface area contributed by atoms with E-state index in [0.717, 1.165) is 0 Å². The summed E-state index contributed by atoms with van der Waals surface area (Å²) in [6.45, 7) is 5.22. The van der Waals surface area contributed by atoms with Crippen LogP contribution < -0.4 is 0 Å². The molecule has 1 rings (SSSR count). The van der Waals surface area contributed by atoms with Crippen molar-refractivity contribution in [1.82, 2.24) is 0 Å². The van der Waals surface area contributed by atoms with Crippen molar-refractivity contribution in [3.05, 3.63) is 45.5 Å². The van der Waals surface area contributed by atoms with Crippen LogP contribution in [0.3, 0.4) is 0 Å². The Balaban J connectivity index is 0.00000106. The molecule has 0 spiro atoms. The van der Waals surface area contributed by atoms with E-state index in [4.69, 9.17) is 0 Å². The molecule has 0 unspecified atom stereocenters. The van der Waals surface area contributed by atoms with Crippen molar-refractivity contribution >= 4 is 5.78 Å². The quantitative estimate of drug-likeness (QED) is 0.448. The predicted molar refractivity (Wildman–Crippen MR) is 59.6 cm³/mol. The van der Waals surface area contributed by atoms with Crippen LogP contribution in [0.25, 0.3) is 0 Å². The molecule has 0 aliphatic carbocycles. The Hall–Kier alpha value is -1.91. The average molecular weight is 225 g/mol. The van der Waals surface area contributed by atoms with Crippen molar-refractivity contribution in [3.63, 3.8) is 0 Å². The van der Waals surface area contributed by atoms with Gasteiger partial charge in [-0.1, -0.05) is 38.1 Å². The molecule has 5 heteroatoms. The SMILES string of the molecule is CC.CC(=O)c1ccccc1CO[N+](=O)[O-]. The summed E-state index contributed by atoms with van der Waals surface area (Å²) in [5.74, 6) is -0.132. The lowest BCUT2D eigenvalue weighted by Crippen LogP contribution is -2.05. The molecule has 0 bridgehead atoms. The molecular weight excluding hydrogens is 210 g/mol. The normalized spacial score (nSPS) is 8.69. The third kappa shape index (κ3) is 4.54. The van der Waals surface area contributed by atoms with Gasteiger partial charge >= 0.3 is 0 Å². The van der Waals surface area contributed by atoms with Crippen LogP contribution in [0, 0.1) is 10.1 Å². The molecule has 88 valence electrons. The van der Waals surface area contributed by atoms with E-state index in [0.29, 0.717) is 11.1 Å². The maximum absolute atomic E-state index is 11.1. The zero-order valence-electron chi connectivity index (χ0n) is 9.60. The second kappa shape index (κ2) is 7.39. The monoisotopic (exact) mass is 225 g/mol. The van der Waals surface area contributed by atoms with E-state index in [1.165, 1.54) is 6.92 Å². The molecule has 0 radical (unpaired) electrons.